The van der Waals surface area contributed by atoms with Gasteiger partial charge in [0.25, 0.3) is 0 Å². The molecule has 1 amide bonds. The number of anilines is 1. The number of carbonyl (C=O) groups excluding carboxylic acids is 1. The van der Waals surface area contributed by atoms with Crippen LogP contribution in [0.1, 0.15) is 5.56 Å². The molecular formula is C33H26N4OS. The Labute approximate surface area is 231 Å². The van der Waals surface area contributed by atoms with E-state index in [4.69, 9.17) is 9.97 Å². The first-order valence-corrected chi connectivity index (χ1v) is 13.7. The maximum absolute atomic E-state index is 12.9. The third-order valence-corrected chi connectivity index (χ3v) is 7.51. The zero-order valence-electron chi connectivity index (χ0n) is 21.4. The first kappa shape index (κ1) is 24.6. The molecule has 0 saturated carbocycles. The van der Waals surface area contributed by atoms with E-state index in [1.807, 2.05) is 91.9 Å². The molecule has 2 aromatic heterocycles. The van der Waals surface area contributed by atoms with Gasteiger partial charge in [0.1, 0.15) is 10.9 Å². The van der Waals surface area contributed by atoms with Crippen molar-refractivity contribution < 1.29 is 4.79 Å². The van der Waals surface area contributed by atoms with Crippen molar-refractivity contribution in [2.75, 3.05) is 11.1 Å². The lowest BCUT2D eigenvalue weighted by Crippen LogP contribution is -2.15. The Morgan fingerprint density at radius 3 is 2.23 bits per heavy atom. The Kier molecular flexibility index (Phi) is 6.93. The van der Waals surface area contributed by atoms with Crippen molar-refractivity contribution in [1.82, 2.24) is 15.0 Å². The van der Waals surface area contributed by atoms with Crippen LogP contribution >= 0.6 is 11.8 Å². The van der Waals surface area contributed by atoms with Gasteiger partial charge in [-0.3, -0.25) is 4.79 Å². The van der Waals surface area contributed by atoms with E-state index in [9.17, 15) is 4.79 Å². The standard InChI is InChI=1S/C33H26N4OS/c1-22-12-8-10-18-27(22)34-29(38)21-39-33-26(20-25-17-9-11-19-28(25)35-33)32-36-30(23-13-4-2-5-14-23)31(37-32)24-15-6-3-7-16-24/h2-20H,21H2,1H3,(H,34,38)(H,36,37). The van der Waals surface area contributed by atoms with Crippen molar-refractivity contribution in [3.8, 4) is 33.9 Å². The number of rotatable bonds is 7. The number of imidazole rings is 1. The number of hydrogen-bond acceptors (Lipinski definition) is 4. The van der Waals surface area contributed by atoms with E-state index in [0.717, 1.165) is 55.3 Å². The number of aryl methyl sites for hydroxylation is 1. The van der Waals surface area contributed by atoms with Crippen molar-refractivity contribution in [3.05, 3.63) is 121 Å². The average molecular weight is 527 g/mol. The molecule has 0 fully saturated rings. The fourth-order valence-corrected chi connectivity index (χ4v) is 5.34. The number of nitrogens with one attached hydrogen (secondary N) is 2. The maximum Gasteiger partial charge on any atom is 0.234 e. The number of H-pyrrole nitrogens is 1. The maximum atomic E-state index is 12.9. The van der Waals surface area contributed by atoms with Gasteiger partial charge in [-0.25, -0.2) is 9.97 Å². The number of benzene rings is 4. The second-order valence-electron chi connectivity index (χ2n) is 9.23. The van der Waals surface area contributed by atoms with Gasteiger partial charge < -0.3 is 10.3 Å². The number of fused-ring (bicyclic) bond motifs is 1. The third-order valence-electron chi connectivity index (χ3n) is 6.52. The molecule has 0 unspecified atom stereocenters. The van der Waals surface area contributed by atoms with Crippen LogP contribution in [-0.4, -0.2) is 26.6 Å². The molecule has 190 valence electrons. The molecule has 0 aliphatic heterocycles. The number of nitrogens with zero attached hydrogens (tertiary/aromatic N) is 2. The summed E-state index contributed by atoms with van der Waals surface area (Å²) in [6.45, 7) is 1.98. The van der Waals surface area contributed by atoms with Gasteiger partial charge in [0.15, 0.2) is 0 Å². The van der Waals surface area contributed by atoms with Crippen LogP contribution < -0.4 is 5.32 Å². The third kappa shape index (κ3) is 5.33. The van der Waals surface area contributed by atoms with Crippen LogP contribution in [0.2, 0.25) is 0 Å². The molecule has 4 aromatic carbocycles. The summed E-state index contributed by atoms with van der Waals surface area (Å²) in [7, 11) is 0. The molecule has 0 saturated heterocycles. The number of pyridine rings is 1. The minimum absolute atomic E-state index is 0.0791. The molecule has 0 aliphatic rings. The van der Waals surface area contributed by atoms with E-state index in [1.165, 1.54) is 11.8 Å². The summed E-state index contributed by atoms with van der Waals surface area (Å²) in [6, 6.07) is 38.3. The second kappa shape index (κ2) is 11.0. The highest BCUT2D eigenvalue weighted by atomic mass is 32.2. The summed E-state index contributed by atoms with van der Waals surface area (Å²) < 4.78 is 0. The molecule has 6 aromatic rings. The Morgan fingerprint density at radius 1 is 0.795 bits per heavy atom. The topological polar surface area (TPSA) is 70.7 Å². The van der Waals surface area contributed by atoms with E-state index >= 15 is 0 Å². The summed E-state index contributed by atoms with van der Waals surface area (Å²) in [4.78, 5) is 26.5. The van der Waals surface area contributed by atoms with Crippen molar-refractivity contribution >= 4 is 34.3 Å². The Hall–Kier alpha value is -4.68. The largest absolute Gasteiger partial charge is 0.337 e. The minimum atomic E-state index is -0.0791. The molecule has 5 nitrogen and oxygen atoms in total. The second-order valence-corrected chi connectivity index (χ2v) is 10.2. The van der Waals surface area contributed by atoms with Crippen LogP contribution in [0.15, 0.2) is 120 Å². The van der Waals surface area contributed by atoms with Crippen molar-refractivity contribution in [1.29, 1.82) is 0 Å². The van der Waals surface area contributed by atoms with E-state index in [0.29, 0.717) is 5.82 Å². The van der Waals surface area contributed by atoms with Crippen LogP contribution in [0.4, 0.5) is 5.69 Å². The smallest absolute Gasteiger partial charge is 0.234 e. The number of amides is 1. The molecule has 0 atom stereocenters. The van der Waals surface area contributed by atoms with Crippen LogP contribution in [0.5, 0.6) is 0 Å². The number of thioether (sulfide) groups is 1. The Morgan fingerprint density at radius 2 is 1.46 bits per heavy atom. The summed E-state index contributed by atoms with van der Waals surface area (Å²) in [5.74, 6) is 0.863. The quantitative estimate of drug-likeness (QED) is 0.207. The van der Waals surface area contributed by atoms with Crippen molar-refractivity contribution in [2.45, 2.75) is 11.9 Å². The van der Waals surface area contributed by atoms with Crippen molar-refractivity contribution in [2.24, 2.45) is 0 Å². The predicted molar refractivity (Wildman–Crippen MR) is 161 cm³/mol. The molecule has 0 aliphatic carbocycles. The molecule has 0 bridgehead atoms. The molecule has 6 heteroatoms. The van der Waals surface area contributed by atoms with Crippen LogP contribution in [-0.2, 0) is 4.79 Å². The van der Waals surface area contributed by atoms with Gasteiger partial charge in [-0.15, -0.1) is 0 Å². The van der Waals surface area contributed by atoms with Crippen LogP contribution in [0.25, 0.3) is 44.8 Å². The number of aromatic amines is 1. The van der Waals surface area contributed by atoms with Gasteiger partial charge in [-0.05, 0) is 30.7 Å². The van der Waals surface area contributed by atoms with Gasteiger partial charge in [0.2, 0.25) is 5.91 Å². The normalized spacial score (nSPS) is 11.0. The first-order chi connectivity index (χ1) is 19.2. The van der Waals surface area contributed by atoms with Gasteiger partial charge in [-0.2, -0.15) is 0 Å². The van der Waals surface area contributed by atoms with Gasteiger partial charge in [0.05, 0.1) is 28.2 Å². The highest BCUT2D eigenvalue weighted by molar-refractivity contribution is 8.00. The van der Waals surface area contributed by atoms with E-state index in [1.54, 1.807) is 0 Å². The zero-order valence-corrected chi connectivity index (χ0v) is 22.2. The van der Waals surface area contributed by atoms with Gasteiger partial charge in [0, 0.05) is 22.2 Å². The molecule has 39 heavy (non-hydrogen) atoms. The van der Waals surface area contributed by atoms with Crippen molar-refractivity contribution in [3.63, 3.8) is 0 Å². The lowest BCUT2D eigenvalue weighted by atomic mass is 10.1. The summed E-state index contributed by atoms with van der Waals surface area (Å²) in [6.07, 6.45) is 0. The zero-order chi connectivity index (χ0) is 26.6. The van der Waals surface area contributed by atoms with Crippen LogP contribution in [0.3, 0.4) is 0 Å². The van der Waals surface area contributed by atoms with Crippen LogP contribution in [0, 0.1) is 6.92 Å². The molecule has 6 rings (SSSR count). The fraction of sp³-hybridized carbons (Fsp3) is 0.0606. The summed E-state index contributed by atoms with van der Waals surface area (Å²) in [5, 5.41) is 4.79. The van der Waals surface area contributed by atoms with Gasteiger partial charge in [-0.1, -0.05) is 109 Å². The Bertz CT molecular complexity index is 1710. The minimum Gasteiger partial charge on any atom is -0.337 e. The predicted octanol–water partition coefficient (Wildman–Crippen LogP) is 8.00. The molecule has 0 spiro atoms. The molecule has 2 heterocycles. The fourth-order valence-electron chi connectivity index (χ4n) is 4.53. The van der Waals surface area contributed by atoms with E-state index in [2.05, 4.69) is 40.6 Å². The summed E-state index contributed by atoms with van der Waals surface area (Å²) >= 11 is 1.41. The number of aromatic nitrogens is 3. The monoisotopic (exact) mass is 526 g/mol. The summed E-state index contributed by atoms with van der Waals surface area (Å²) in [5.41, 5.74) is 7.48. The van der Waals surface area contributed by atoms with E-state index < -0.39 is 0 Å². The van der Waals surface area contributed by atoms with E-state index in [-0.39, 0.29) is 11.7 Å². The Balaban J connectivity index is 1.40. The number of carbonyl (C=O) groups is 1. The molecule has 0 radical (unpaired) electrons. The lowest BCUT2D eigenvalue weighted by molar-refractivity contribution is -0.113. The highest BCUT2D eigenvalue weighted by Crippen LogP contribution is 2.37. The van der Waals surface area contributed by atoms with Gasteiger partial charge >= 0.3 is 0 Å². The number of hydrogen-bond donors (Lipinski definition) is 2. The highest BCUT2D eigenvalue weighted by Gasteiger charge is 2.19. The lowest BCUT2D eigenvalue weighted by Gasteiger charge is -2.10. The first-order valence-electron chi connectivity index (χ1n) is 12.7. The SMILES string of the molecule is Cc1ccccc1NC(=O)CSc1nc2ccccc2cc1-c1nc(-c2ccccc2)c(-c2ccccc2)[nH]1. The molecular weight excluding hydrogens is 500 g/mol. The average Bonchev–Trinajstić information content (AvgIpc) is 3.43. The molecule has 2 N–H and O–H groups in total. The number of para-hydroxylation sites is 2.